The molecule has 1 saturated heterocycles. The molecule has 0 atom stereocenters. The molecular formula is C20H30KN3O3SSi. The van der Waals surface area contributed by atoms with Gasteiger partial charge in [-0.3, -0.25) is 4.79 Å². The maximum Gasteiger partial charge on any atom is 1.00 e. The van der Waals surface area contributed by atoms with Crippen LogP contribution in [0.5, 0.6) is 0 Å². The van der Waals surface area contributed by atoms with Gasteiger partial charge in [-0.25, -0.2) is 8.42 Å². The quantitative estimate of drug-likeness (QED) is 0.649. The Morgan fingerprint density at radius 1 is 1.10 bits per heavy atom. The molecule has 9 heteroatoms. The Labute approximate surface area is 218 Å². The second kappa shape index (κ2) is 9.01. The first-order valence-corrected chi connectivity index (χ1v) is 15.5. The van der Waals surface area contributed by atoms with E-state index in [4.69, 9.17) is 0 Å². The van der Waals surface area contributed by atoms with E-state index in [9.17, 15) is 13.2 Å². The van der Waals surface area contributed by atoms with E-state index in [2.05, 4.69) is 40.6 Å². The molecule has 0 spiro atoms. The number of rotatable bonds is 5. The molecule has 29 heavy (non-hydrogen) atoms. The van der Waals surface area contributed by atoms with Crippen LogP contribution in [0.3, 0.4) is 0 Å². The summed E-state index contributed by atoms with van der Waals surface area (Å²) in [6.45, 7) is 7.77. The average molecular weight is 460 g/mol. The second-order valence-electron chi connectivity index (χ2n) is 9.65. The third-order valence-electron chi connectivity index (χ3n) is 5.96. The van der Waals surface area contributed by atoms with Crippen LogP contribution in [0.15, 0.2) is 6.07 Å². The Morgan fingerprint density at radius 3 is 2.17 bits per heavy atom. The van der Waals surface area contributed by atoms with E-state index in [1.54, 1.807) is 0 Å². The number of carbonyl (C=O) groups is 1. The Hall–Kier alpha value is 0.253. The molecule has 1 aromatic rings. The van der Waals surface area contributed by atoms with Crippen molar-refractivity contribution in [3.8, 4) is 0 Å². The number of hydrogen-bond donors (Lipinski definition) is 1. The van der Waals surface area contributed by atoms with E-state index in [0.717, 1.165) is 50.4 Å². The summed E-state index contributed by atoms with van der Waals surface area (Å²) in [4.78, 5) is 14.7. The SMILES string of the molecule is C[Si](C)(C)CN1CC(S(=O)(=O)[N-]C(=O)Nc2c3c(cc4c2CCC4)CCC3)C1.[K+]. The van der Waals surface area contributed by atoms with E-state index < -0.39 is 29.4 Å². The fourth-order valence-electron chi connectivity index (χ4n) is 4.80. The average Bonchev–Trinajstić information content (AvgIpc) is 3.17. The Kier molecular flexibility index (Phi) is 7.43. The van der Waals surface area contributed by atoms with Crippen LogP contribution in [-0.2, 0) is 35.7 Å². The fraction of sp³-hybridized carbons (Fsp3) is 0.650. The number of nitrogens with one attached hydrogen (secondary N) is 1. The number of benzene rings is 1. The Balaban J connectivity index is 0.00000240. The number of carbonyl (C=O) groups excluding carboxylic acids is 1. The molecule has 4 rings (SSSR count). The van der Waals surface area contributed by atoms with Gasteiger partial charge in [-0.2, -0.15) is 0 Å². The first-order chi connectivity index (χ1) is 13.1. The molecule has 1 aromatic carbocycles. The second-order valence-corrected chi connectivity index (χ2v) is 17.0. The van der Waals surface area contributed by atoms with E-state index in [1.807, 2.05) is 0 Å². The number of anilines is 1. The summed E-state index contributed by atoms with van der Waals surface area (Å²) in [6, 6.07) is 1.55. The third-order valence-corrected chi connectivity index (χ3v) is 8.91. The van der Waals surface area contributed by atoms with E-state index in [-0.39, 0.29) is 51.4 Å². The standard InChI is InChI=1S/C20H31N3O3SSi.K/c1-28(2,3)13-23-11-16(12-23)27(25,26)22-20(24)21-19-17-8-4-6-14(17)10-15-7-5-9-18(15)19;/h10,16H,4-9,11-13H2,1-3H3,(H2,21,22,24);/q;+1/p-1. The molecule has 2 amide bonds. The maximum atomic E-state index is 12.5. The number of amides is 2. The predicted molar refractivity (Wildman–Crippen MR) is 115 cm³/mol. The molecule has 1 N–H and O–H groups in total. The normalized spacial score (nSPS) is 19.1. The van der Waals surface area contributed by atoms with E-state index in [0.29, 0.717) is 13.1 Å². The smallest absolute Gasteiger partial charge is 0.423 e. The molecule has 1 heterocycles. The first kappa shape index (κ1) is 23.9. The summed E-state index contributed by atoms with van der Waals surface area (Å²) in [5, 5.41) is 2.31. The number of nitrogens with zero attached hydrogens (tertiary/aromatic N) is 2. The summed E-state index contributed by atoms with van der Waals surface area (Å²) in [7, 11) is -5.03. The van der Waals surface area contributed by atoms with Gasteiger partial charge in [-0.05, 0) is 72.6 Å². The van der Waals surface area contributed by atoms with Crippen LogP contribution >= 0.6 is 0 Å². The third kappa shape index (κ3) is 5.36. The van der Waals surface area contributed by atoms with Crippen LogP contribution in [0, 0.1) is 0 Å². The topological polar surface area (TPSA) is 80.6 Å². The van der Waals surface area contributed by atoms with Crippen molar-refractivity contribution in [2.45, 2.75) is 63.4 Å². The number of hydrogen-bond acceptors (Lipinski definition) is 4. The van der Waals surface area contributed by atoms with Gasteiger partial charge in [0.2, 0.25) is 0 Å². The summed E-state index contributed by atoms with van der Waals surface area (Å²) in [5.74, 6) is 0. The van der Waals surface area contributed by atoms with Crippen molar-refractivity contribution < 1.29 is 64.6 Å². The van der Waals surface area contributed by atoms with Crippen LogP contribution in [0.4, 0.5) is 10.5 Å². The predicted octanol–water partition coefficient (Wildman–Crippen LogP) is 0.465. The molecule has 6 nitrogen and oxygen atoms in total. The van der Waals surface area contributed by atoms with Crippen molar-refractivity contribution in [3.05, 3.63) is 33.0 Å². The summed E-state index contributed by atoms with van der Waals surface area (Å²) < 4.78 is 28.7. The first-order valence-electron chi connectivity index (χ1n) is 10.3. The van der Waals surface area contributed by atoms with Gasteiger partial charge >= 0.3 is 51.4 Å². The summed E-state index contributed by atoms with van der Waals surface area (Å²) in [5.41, 5.74) is 5.83. The number of likely N-dealkylation sites (tertiary alicyclic amines) is 1. The number of fused-ring (bicyclic) bond motifs is 2. The summed E-state index contributed by atoms with van der Waals surface area (Å²) >= 11 is 0. The zero-order valence-corrected chi connectivity index (χ0v) is 23.0. The van der Waals surface area contributed by atoms with Crippen molar-refractivity contribution in [3.63, 3.8) is 0 Å². The van der Waals surface area contributed by atoms with Crippen LogP contribution < -0.4 is 56.7 Å². The van der Waals surface area contributed by atoms with Crippen LogP contribution in [0.2, 0.25) is 19.6 Å². The molecule has 1 aliphatic heterocycles. The summed E-state index contributed by atoms with van der Waals surface area (Å²) in [6.07, 6.45) is 7.12. The zero-order valence-electron chi connectivity index (χ0n) is 18.0. The number of sulfonamides is 1. The van der Waals surface area contributed by atoms with Crippen molar-refractivity contribution in [2.75, 3.05) is 24.6 Å². The van der Waals surface area contributed by atoms with Crippen LogP contribution in [0.1, 0.15) is 35.1 Å². The van der Waals surface area contributed by atoms with Crippen LogP contribution in [0.25, 0.3) is 4.72 Å². The van der Waals surface area contributed by atoms with Crippen molar-refractivity contribution in [1.29, 1.82) is 0 Å². The molecule has 0 saturated carbocycles. The van der Waals surface area contributed by atoms with Gasteiger partial charge in [0.05, 0.1) is 13.3 Å². The van der Waals surface area contributed by atoms with Crippen molar-refractivity contribution >= 4 is 29.8 Å². The minimum Gasteiger partial charge on any atom is -0.423 e. The molecule has 2 aliphatic carbocycles. The Morgan fingerprint density at radius 2 is 1.66 bits per heavy atom. The van der Waals surface area contributed by atoms with Gasteiger partial charge in [0, 0.05) is 13.1 Å². The maximum absolute atomic E-state index is 12.5. The molecule has 154 valence electrons. The molecule has 0 aromatic heterocycles. The van der Waals surface area contributed by atoms with Crippen LogP contribution in [-0.4, -0.2) is 51.9 Å². The molecule has 0 bridgehead atoms. The number of aryl methyl sites for hydroxylation is 2. The van der Waals surface area contributed by atoms with Gasteiger partial charge in [0.1, 0.15) is 0 Å². The van der Waals surface area contributed by atoms with Crippen molar-refractivity contribution in [2.24, 2.45) is 0 Å². The number of urea groups is 1. The van der Waals surface area contributed by atoms with Crippen molar-refractivity contribution in [1.82, 2.24) is 4.90 Å². The Bertz CT molecular complexity index is 876. The monoisotopic (exact) mass is 459 g/mol. The van der Waals surface area contributed by atoms with Gasteiger partial charge in [0.25, 0.3) is 0 Å². The molecular weight excluding hydrogens is 429 g/mol. The molecule has 1 fully saturated rings. The zero-order chi connectivity index (χ0) is 20.1. The van der Waals surface area contributed by atoms with E-state index >= 15 is 0 Å². The van der Waals surface area contributed by atoms with Gasteiger partial charge in [0.15, 0.2) is 16.1 Å². The van der Waals surface area contributed by atoms with Gasteiger partial charge < -0.3 is 14.9 Å². The fourth-order valence-corrected chi connectivity index (χ4v) is 7.62. The minimum absolute atomic E-state index is 0. The van der Waals surface area contributed by atoms with Gasteiger partial charge in [-0.1, -0.05) is 25.7 Å². The van der Waals surface area contributed by atoms with E-state index in [1.165, 1.54) is 22.3 Å². The van der Waals surface area contributed by atoms with Gasteiger partial charge in [-0.15, -0.1) is 0 Å². The molecule has 3 aliphatic rings. The molecule has 0 radical (unpaired) electrons. The molecule has 0 unspecified atom stereocenters. The minimum atomic E-state index is -3.77. The largest absolute Gasteiger partial charge is 1.00 e.